The molecule has 0 saturated heterocycles. The Balaban J connectivity index is 1.89. The zero-order chi connectivity index (χ0) is 20.6. The lowest BCUT2D eigenvalue weighted by Crippen LogP contribution is -2.33. The van der Waals surface area contributed by atoms with Crippen LogP contribution in [0.4, 0.5) is 5.69 Å². The molecule has 0 aliphatic rings. The van der Waals surface area contributed by atoms with Gasteiger partial charge in [0.1, 0.15) is 0 Å². The monoisotopic (exact) mass is 420 g/mol. The fourth-order valence-electron chi connectivity index (χ4n) is 2.94. The van der Waals surface area contributed by atoms with Crippen molar-refractivity contribution in [3.05, 3.63) is 60.2 Å². The van der Waals surface area contributed by atoms with Crippen LogP contribution >= 0.6 is 11.8 Å². The molecule has 0 aliphatic carbocycles. The van der Waals surface area contributed by atoms with E-state index >= 15 is 0 Å². The van der Waals surface area contributed by atoms with Crippen molar-refractivity contribution in [3.63, 3.8) is 0 Å². The number of hydrogen-bond acceptors (Lipinski definition) is 4. The molecule has 5 nitrogen and oxygen atoms in total. The van der Waals surface area contributed by atoms with Gasteiger partial charge in [-0.05, 0) is 36.3 Å². The van der Waals surface area contributed by atoms with Crippen molar-refractivity contribution in [2.24, 2.45) is 0 Å². The van der Waals surface area contributed by atoms with Crippen molar-refractivity contribution in [1.29, 1.82) is 0 Å². The van der Waals surface area contributed by atoms with Gasteiger partial charge in [-0.25, -0.2) is 8.42 Å². The van der Waals surface area contributed by atoms with Crippen LogP contribution in [0.3, 0.4) is 0 Å². The summed E-state index contributed by atoms with van der Waals surface area (Å²) in [5, 5.41) is 2.94. The molecular formula is C21H28N2O3S2. The summed E-state index contributed by atoms with van der Waals surface area (Å²) in [7, 11) is -3.42. The highest BCUT2D eigenvalue weighted by Gasteiger charge is 2.20. The molecule has 0 bridgehead atoms. The highest BCUT2D eigenvalue weighted by Crippen LogP contribution is 2.30. The van der Waals surface area contributed by atoms with E-state index in [2.05, 4.69) is 12.2 Å². The summed E-state index contributed by atoms with van der Waals surface area (Å²) in [5.41, 5.74) is 1.84. The Bertz CT molecular complexity index is 870. The Labute approximate surface area is 172 Å². The Morgan fingerprint density at radius 2 is 1.75 bits per heavy atom. The van der Waals surface area contributed by atoms with E-state index in [1.807, 2.05) is 54.8 Å². The van der Waals surface area contributed by atoms with Gasteiger partial charge in [0.15, 0.2) is 0 Å². The van der Waals surface area contributed by atoms with Gasteiger partial charge in [-0.1, -0.05) is 49.4 Å². The number of rotatable bonds is 10. The first-order valence-electron chi connectivity index (χ1n) is 9.25. The van der Waals surface area contributed by atoms with Crippen molar-refractivity contribution < 1.29 is 13.2 Å². The summed E-state index contributed by atoms with van der Waals surface area (Å²) in [6, 6.07) is 17.4. The minimum atomic E-state index is -3.42. The molecule has 7 heteroatoms. The van der Waals surface area contributed by atoms with Crippen LogP contribution in [-0.2, 0) is 14.8 Å². The molecule has 1 N–H and O–H groups in total. The van der Waals surface area contributed by atoms with E-state index in [4.69, 9.17) is 0 Å². The average molecular weight is 421 g/mol. The summed E-state index contributed by atoms with van der Waals surface area (Å²) in [6.45, 7) is 2.91. The van der Waals surface area contributed by atoms with Crippen LogP contribution in [0.5, 0.6) is 0 Å². The minimum Gasteiger partial charge on any atom is -0.356 e. The van der Waals surface area contributed by atoms with Gasteiger partial charge < -0.3 is 5.32 Å². The molecule has 1 amide bonds. The van der Waals surface area contributed by atoms with Crippen LogP contribution in [0, 0.1) is 0 Å². The number of thioether (sulfide) groups is 1. The number of carbonyl (C=O) groups is 1. The second-order valence-electron chi connectivity index (χ2n) is 6.73. The van der Waals surface area contributed by atoms with E-state index in [1.54, 1.807) is 6.07 Å². The largest absolute Gasteiger partial charge is 0.356 e. The molecule has 1 atom stereocenters. The van der Waals surface area contributed by atoms with Crippen molar-refractivity contribution >= 4 is 33.4 Å². The molecule has 0 fully saturated rings. The molecule has 2 aromatic carbocycles. The number of nitrogens with zero attached hydrogens (tertiary/aromatic N) is 1. The summed E-state index contributed by atoms with van der Waals surface area (Å²) < 4.78 is 25.9. The topological polar surface area (TPSA) is 66.5 Å². The third-order valence-corrected chi connectivity index (χ3v) is 6.46. The van der Waals surface area contributed by atoms with Crippen molar-refractivity contribution in [1.82, 2.24) is 5.32 Å². The highest BCUT2D eigenvalue weighted by atomic mass is 32.2. The molecule has 0 spiro atoms. The maximum Gasteiger partial charge on any atom is 0.232 e. The number of amides is 1. The standard InChI is InChI=1S/C21H28N2O3S2/c1-17(18-10-5-4-6-11-18)16-22-21(24)14-9-15-23(28(3,25)26)19-12-7-8-13-20(19)27-2/h4-8,10-13,17H,9,14-16H2,1-3H3,(H,22,24)/t17-/m0/s1. The molecule has 2 rings (SSSR count). The van der Waals surface area contributed by atoms with Gasteiger partial charge in [0.2, 0.25) is 15.9 Å². The van der Waals surface area contributed by atoms with Gasteiger partial charge >= 0.3 is 0 Å². The van der Waals surface area contributed by atoms with Crippen molar-refractivity contribution in [2.75, 3.05) is 29.9 Å². The molecule has 2 aromatic rings. The van der Waals surface area contributed by atoms with E-state index in [-0.39, 0.29) is 24.8 Å². The second-order valence-corrected chi connectivity index (χ2v) is 9.48. The first kappa shape index (κ1) is 22.3. The maximum atomic E-state index is 12.3. The number of nitrogens with one attached hydrogen (secondary N) is 1. The van der Waals surface area contributed by atoms with Gasteiger partial charge in [-0.2, -0.15) is 0 Å². The van der Waals surface area contributed by atoms with E-state index in [1.165, 1.54) is 27.9 Å². The summed E-state index contributed by atoms with van der Waals surface area (Å²) in [4.78, 5) is 13.1. The van der Waals surface area contributed by atoms with E-state index in [0.717, 1.165) is 4.90 Å². The lowest BCUT2D eigenvalue weighted by molar-refractivity contribution is -0.121. The smallest absolute Gasteiger partial charge is 0.232 e. The lowest BCUT2D eigenvalue weighted by Gasteiger charge is -2.24. The zero-order valence-electron chi connectivity index (χ0n) is 16.6. The maximum absolute atomic E-state index is 12.3. The summed E-state index contributed by atoms with van der Waals surface area (Å²) >= 11 is 1.50. The molecule has 0 saturated carbocycles. The number of hydrogen-bond donors (Lipinski definition) is 1. The molecule has 0 unspecified atom stereocenters. The Morgan fingerprint density at radius 1 is 1.11 bits per heavy atom. The highest BCUT2D eigenvalue weighted by molar-refractivity contribution is 7.99. The third-order valence-electron chi connectivity index (χ3n) is 4.49. The van der Waals surface area contributed by atoms with Gasteiger partial charge in [0.25, 0.3) is 0 Å². The Hall–Kier alpha value is -1.99. The molecule has 152 valence electrons. The Kier molecular flexibility index (Phi) is 8.38. The van der Waals surface area contributed by atoms with Crippen molar-refractivity contribution in [3.8, 4) is 0 Å². The molecular weight excluding hydrogens is 392 g/mol. The van der Waals surface area contributed by atoms with Crippen LogP contribution in [0.1, 0.15) is 31.2 Å². The van der Waals surface area contributed by atoms with Gasteiger partial charge in [0, 0.05) is 24.4 Å². The van der Waals surface area contributed by atoms with Gasteiger partial charge in [0.05, 0.1) is 11.9 Å². The number of carbonyl (C=O) groups excluding carboxylic acids is 1. The molecule has 0 heterocycles. The third kappa shape index (κ3) is 6.56. The molecule has 0 aromatic heterocycles. The normalized spacial score (nSPS) is 12.4. The van der Waals surface area contributed by atoms with E-state index in [9.17, 15) is 13.2 Å². The van der Waals surface area contributed by atoms with Crippen LogP contribution in [0.15, 0.2) is 59.5 Å². The minimum absolute atomic E-state index is 0.0608. The van der Waals surface area contributed by atoms with Crippen LogP contribution in [0.2, 0.25) is 0 Å². The number of para-hydroxylation sites is 1. The predicted molar refractivity (Wildman–Crippen MR) is 118 cm³/mol. The molecule has 0 radical (unpaired) electrons. The van der Waals surface area contributed by atoms with Crippen LogP contribution in [0.25, 0.3) is 0 Å². The first-order chi connectivity index (χ1) is 13.3. The van der Waals surface area contributed by atoms with Gasteiger partial charge in [-0.3, -0.25) is 9.10 Å². The molecule has 28 heavy (non-hydrogen) atoms. The lowest BCUT2D eigenvalue weighted by atomic mass is 10.0. The van der Waals surface area contributed by atoms with Crippen molar-refractivity contribution in [2.45, 2.75) is 30.6 Å². The number of anilines is 1. The zero-order valence-corrected chi connectivity index (χ0v) is 18.2. The SMILES string of the molecule is CSc1ccccc1N(CCCC(=O)NC[C@H](C)c1ccccc1)S(C)(=O)=O. The number of sulfonamides is 1. The van der Waals surface area contributed by atoms with E-state index < -0.39 is 10.0 Å². The van der Waals surface area contributed by atoms with Crippen LogP contribution < -0.4 is 9.62 Å². The summed E-state index contributed by atoms with van der Waals surface area (Å²) in [6.07, 6.45) is 3.86. The Morgan fingerprint density at radius 3 is 2.39 bits per heavy atom. The summed E-state index contributed by atoms with van der Waals surface area (Å²) in [5.74, 6) is 0.167. The second kappa shape index (κ2) is 10.5. The first-order valence-corrected chi connectivity index (χ1v) is 12.3. The molecule has 0 aliphatic heterocycles. The quantitative estimate of drug-likeness (QED) is 0.593. The number of benzene rings is 2. The van der Waals surface area contributed by atoms with E-state index in [0.29, 0.717) is 18.7 Å². The fourth-order valence-corrected chi connectivity index (χ4v) is 4.58. The van der Waals surface area contributed by atoms with Gasteiger partial charge in [-0.15, -0.1) is 11.8 Å². The fraction of sp³-hybridized carbons (Fsp3) is 0.381. The average Bonchev–Trinajstić information content (AvgIpc) is 2.69. The predicted octanol–water partition coefficient (Wildman–Crippen LogP) is 3.87. The van der Waals surface area contributed by atoms with Crippen LogP contribution in [-0.4, -0.2) is 39.9 Å².